The first-order valence-corrected chi connectivity index (χ1v) is 9.89. The summed E-state index contributed by atoms with van der Waals surface area (Å²) in [4.78, 5) is 21.2. The summed E-state index contributed by atoms with van der Waals surface area (Å²) in [6, 6.07) is 21.8. The number of benzene rings is 3. The zero-order valence-electron chi connectivity index (χ0n) is 17.3. The number of amides is 1. The van der Waals surface area contributed by atoms with Gasteiger partial charge in [-0.05, 0) is 60.2 Å². The molecule has 0 aliphatic rings. The molecule has 0 saturated carbocycles. The maximum absolute atomic E-state index is 13.2. The number of hydrogen-bond donors (Lipinski definition) is 1. The van der Waals surface area contributed by atoms with Crippen molar-refractivity contribution in [3.05, 3.63) is 102 Å². The highest BCUT2D eigenvalue weighted by Gasteiger charge is 2.09. The van der Waals surface area contributed by atoms with Crippen LogP contribution in [0.2, 0.25) is 0 Å². The van der Waals surface area contributed by atoms with Crippen LogP contribution in [0.3, 0.4) is 0 Å². The Kier molecular flexibility index (Phi) is 6.36. The van der Waals surface area contributed by atoms with Crippen molar-refractivity contribution in [2.45, 2.75) is 6.54 Å². The monoisotopic (exact) mass is 429 g/mol. The molecule has 160 valence electrons. The zero-order valence-corrected chi connectivity index (χ0v) is 17.3. The molecule has 1 aromatic heterocycles. The molecule has 3 aromatic carbocycles. The van der Waals surface area contributed by atoms with Gasteiger partial charge in [-0.3, -0.25) is 4.79 Å². The maximum atomic E-state index is 13.2. The minimum atomic E-state index is -0.331. The number of nitrogens with one attached hydrogen (secondary N) is 1. The van der Waals surface area contributed by atoms with E-state index in [0.29, 0.717) is 35.1 Å². The molecule has 6 nitrogen and oxygen atoms in total. The number of methoxy groups -OCH3 is 1. The van der Waals surface area contributed by atoms with Crippen molar-refractivity contribution in [1.82, 2.24) is 15.3 Å². The Balaban J connectivity index is 1.44. The first-order chi connectivity index (χ1) is 15.6. The highest BCUT2D eigenvalue weighted by Crippen LogP contribution is 2.23. The molecular weight excluding hydrogens is 409 g/mol. The topological polar surface area (TPSA) is 73.3 Å². The van der Waals surface area contributed by atoms with Gasteiger partial charge in [0.25, 0.3) is 5.91 Å². The number of halogens is 1. The van der Waals surface area contributed by atoms with E-state index in [1.165, 1.54) is 12.1 Å². The zero-order chi connectivity index (χ0) is 22.3. The van der Waals surface area contributed by atoms with E-state index in [1.807, 2.05) is 24.3 Å². The molecule has 4 rings (SSSR count). The van der Waals surface area contributed by atoms with Gasteiger partial charge in [-0.15, -0.1) is 0 Å². The van der Waals surface area contributed by atoms with Crippen molar-refractivity contribution < 1.29 is 18.7 Å². The lowest BCUT2D eigenvalue weighted by Crippen LogP contribution is -2.22. The molecule has 0 unspecified atom stereocenters. The summed E-state index contributed by atoms with van der Waals surface area (Å²) in [6.45, 7) is 0.369. The lowest BCUT2D eigenvalue weighted by atomic mass is 10.2. The van der Waals surface area contributed by atoms with E-state index in [4.69, 9.17) is 9.47 Å². The Labute approximate surface area is 184 Å². The number of rotatable bonds is 7. The van der Waals surface area contributed by atoms with Crippen LogP contribution in [0, 0.1) is 5.82 Å². The van der Waals surface area contributed by atoms with Crippen molar-refractivity contribution in [1.29, 1.82) is 0 Å². The van der Waals surface area contributed by atoms with E-state index in [-0.39, 0.29) is 11.7 Å². The van der Waals surface area contributed by atoms with Gasteiger partial charge in [0.15, 0.2) is 5.82 Å². The van der Waals surface area contributed by atoms with Crippen LogP contribution in [-0.2, 0) is 6.54 Å². The minimum absolute atomic E-state index is 0.229. The van der Waals surface area contributed by atoms with E-state index < -0.39 is 0 Å². The van der Waals surface area contributed by atoms with Crippen LogP contribution in [0.1, 0.15) is 15.9 Å². The van der Waals surface area contributed by atoms with Crippen molar-refractivity contribution >= 4 is 5.91 Å². The average Bonchev–Trinajstić information content (AvgIpc) is 2.83. The second-order valence-corrected chi connectivity index (χ2v) is 6.89. The van der Waals surface area contributed by atoms with E-state index in [9.17, 15) is 9.18 Å². The normalized spacial score (nSPS) is 10.4. The molecule has 7 heteroatoms. The molecule has 1 amide bonds. The lowest BCUT2D eigenvalue weighted by molar-refractivity contribution is 0.0950. The smallest absolute Gasteiger partial charge is 0.251 e. The Morgan fingerprint density at radius 2 is 1.75 bits per heavy atom. The molecule has 0 bridgehead atoms. The molecule has 0 radical (unpaired) electrons. The van der Waals surface area contributed by atoms with Crippen LogP contribution in [0.25, 0.3) is 11.4 Å². The number of nitrogens with zero attached hydrogens (tertiary/aromatic N) is 2. The predicted molar refractivity (Wildman–Crippen MR) is 118 cm³/mol. The second-order valence-electron chi connectivity index (χ2n) is 6.89. The van der Waals surface area contributed by atoms with Crippen molar-refractivity contribution in [3.63, 3.8) is 0 Å². The molecule has 0 atom stereocenters. The van der Waals surface area contributed by atoms with Gasteiger partial charge in [-0.2, -0.15) is 4.98 Å². The molecule has 0 fully saturated rings. The molecule has 0 spiro atoms. The summed E-state index contributed by atoms with van der Waals surface area (Å²) < 4.78 is 24.2. The van der Waals surface area contributed by atoms with E-state index in [2.05, 4.69) is 15.3 Å². The van der Waals surface area contributed by atoms with E-state index in [1.54, 1.807) is 55.8 Å². The van der Waals surface area contributed by atoms with E-state index >= 15 is 0 Å². The van der Waals surface area contributed by atoms with Crippen molar-refractivity contribution in [2.24, 2.45) is 0 Å². The SMILES string of the molecule is COc1cccc(CNC(=O)c2cccc(Oc3ccnc(-c4ccc(F)cc4)n3)c2)c1. The second kappa shape index (κ2) is 9.70. The van der Waals surface area contributed by atoms with Gasteiger partial charge in [0.1, 0.15) is 17.3 Å². The quantitative estimate of drug-likeness (QED) is 0.447. The third-order valence-corrected chi connectivity index (χ3v) is 4.64. The number of aromatic nitrogens is 2. The summed E-state index contributed by atoms with van der Waals surface area (Å²) in [5.74, 6) is 1.36. The first kappa shape index (κ1) is 21.0. The fraction of sp³-hybridized carbons (Fsp3) is 0.0800. The summed E-state index contributed by atoms with van der Waals surface area (Å²) >= 11 is 0. The van der Waals surface area contributed by atoms with Crippen LogP contribution in [0.5, 0.6) is 17.4 Å². The fourth-order valence-corrected chi connectivity index (χ4v) is 3.03. The van der Waals surface area contributed by atoms with Gasteiger partial charge in [-0.1, -0.05) is 18.2 Å². The Morgan fingerprint density at radius 3 is 2.56 bits per heavy atom. The first-order valence-electron chi connectivity index (χ1n) is 9.89. The van der Waals surface area contributed by atoms with Gasteiger partial charge >= 0.3 is 0 Å². The highest BCUT2D eigenvalue weighted by molar-refractivity contribution is 5.94. The Hall–Kier alpha value is -4.26. The van der Waals surface area contributed by atoms with Crippen molar-refractivity contribution in [3.8, 4) is 28.8 Å². The Morgan fingerprint density at radius 1 is 0.969 bits per heavy atom. The summed E-state index contributed by atoms with van der Waals surface area (Å²) in [5.41, 5.74) is 2.06. The van der Waals surface area contributed by atoms with Crippen LogP contribution >= 0.6 is 0 Å². The molecule has 1 heterocycles. The molecular formula is C25H20FN3O3. The summed E-state index contributed by atoms with van der Waals surface area (Å²) in [7, 11) is 1.60. The largest absolute Gasteiger partial charge is 0.497 e. The number of ether oxygens (including phenoxy) is 2. The minimum Gasteiger partial charge on any atom is -0.497 e. The van der Waals surface area contributed by atoms with Crippen LogP contribution in [0.4, 0.5) is 4.39 Å². The van der Waals surface area contributed by atoms with Crippen LogP contribution < -0.4 is 14.8 Å². The third kappa shape index (κ3) is 5.26. The summed E-state index contributed by atoms with van der Waals surface area (Å²) in [5, 5.41) is 2.89. The van der Waals surface area contributed by atoms with Crippen LogP contribution in [-0.4, -0.2) is 23.0 Å². The molecule has 0 aliphatic heterocycles. The van der Waals surface area contributed by atoms with Gasteiger partial charge in [-0.25, -0.2) is 9.37 Å². The fourth-order valence-electron chi connectivity index (χ4n) is 3.03. The van der Waals surface area contributed by atoms with E-state index in [0.717, 1.165) is 11.3 Å². The molecule has 0 aliphatic carbocycles. The number of carbonyl (C=O) groups excluding carboxylic acids is 1. The molecule has 0 saturated heterocycles. The lowest BCUT2D eigenvalue weighted by Gasteiger charge is -2.09. The van der Waals surface area contributed by atoms with Crippen molar-refractivity contribution in [2.75, 3.05) is 7.11 Å². The molecule has 1 N–H and O–H groups in total. The van der Waals surface area contributed by atoms with Gasteiger partial charge < -0.3 is 14.8 Å². The van der Waals surface area contributed by atoms with Gasteiger partial charge in [0.05, 0.1) is 7.11 Å². The Bertz CT molecular complexity index is 1230. The molecule has 32 heavy (non-hydrogen) atoms. The maximum Gasteiger partial charge on any atom is 0.251 e. The highest BCUT2D eigenvalue weighted by atomic mass is 19.1. The third-order valence-electron chi connectivity index (χ3n) is 4.64. The number of carbonyl (C=O) groups is 1. The van der Waals surface area contributed by atoms with Gasteiger partial charge in [0.2, 0.25) is 5.88 Å². The standard InChI is InChI=1S/C25H20FN3O3/c1-31-21-6-2-4-17(14-21)16-28-25(30)19-5-3-7-22(15-19)32-23-12-13-27-24(29-23)18-8-10-20(26)11-9-18/h2-15H,16H2,1H3,(H,28,30). The predicted octanol–water partition coefficient (Wildman–Crippen LogP) is 5.01. The van der Waals surface area contributed by atoms with Crippen LogP contribution in [0.15, 0.2) is 85.1 Å². The summed E-state index contributed by atoms with van der Waals surface area (Å²) in [6.07, 6.45) is 1.56. The molecule has 4 aromatic rings. The van der Waals surface area contributed by atoms with Gasteiger partial charge in [0, 0.05) is 29.9 Å². The average molecular weight is 429 g/mol. The number of hydrogen-bond acceptors (Lipinski definition) is 5.